The standard InChI is InChI=1S/C23H39N3O3.HI/c1-23(2,3)29-18-20-9-6-8-19(16-20)17-25-22(24-4)26-12-10-21(11-13-26)28-15-7-14-27-5;/h6,8-9,16,21H,7,10-15,17-18H2,1-5H3,(H,24,25);1H. The maximum atomic E-state index is 5.96. The molecule has 0 bridgehead atoms. The number of nitrogens with one attached hydrogen (secondary N) is 1. The van der Waals surface area contributed by atoms with Gasteiger partial charge < -0.3 is 24.4 Å². The molecule has 0 spiro atoms. The zero-order valence-corrected chi connectivity index (χ0v) is 21.6. The molecule has 1 heterocycles. The Hall–Kier alpha value is -0.900. The summed E-state index contributed by atoms with van der Waals surface area (Å²) in [5.41, 5.74) is 2.30. The molecular formula is C23H40IN3O3. The lowest BCUT2D eigenvalue weighted by atomic mass is 10.1. The molecule has 0 saturated carbocycles. The molecule has 1 aromatic carbocycles. The van der Waals surface area contributed by atoms with Gasteiger partial charge in [0.1, 0.15) is 0 Å². The number of hydrogen-bond acceptors (Lipinski definition) is 4. The Kier molecular flexibility index (Phi) is 12.9. The van der Waals surface area contributed by atoms with Crippen molar-refractivity contribution in [2.45, 2.75) is 64.9 Å². The van der Waals surface area contributed by atoms with Gasteiger partial charge >= 0.3 is 0 Å². The molecule has 0 aliphatic carbocycles. The van der Waals surface area contributed by atoms with Gasteiger partial charge in [0.25, 0.3) is 0 Å². The van der Waals surface area contributed by atoms with Gasteiger partial charge in [0, 0.05) is 47.0 Å². The largest absolute Gasteiger partial charge is 0.385 e. The van der Waals surface area contributed by atoms with Gasteiger partial charge in [-0.2, -0.15) is 0 Å². The number of hydrogen-bond donors (Lipinski definition) is 1. The van der Waals surface area contributed by atoms with E-state index in [1.54, 1.807) is 7.11 Å². The molecule has 0 amide bonds. The van der Waals surface area contributed by atoms with E-state index in [4.69, 9.17) is 14.2 Å². The second-order valence-corrected chi connectivity index (χ2v) is 8.53. The Labute approximate surface area is 199 Å². The molecule has 172 valence electrons. The smallest absolute Gasteiger partial charge is 0.193 e. The van der Waals surface area contributed by atoms with E-state index in [-0.39, 0.29) is 29.6 Å². The predicted molar refractivity (Wildman–Crippen MR) is 134 cm³/mol. The number of guanidine groups is 1. The Morgan fingerprint density at radius 3 is 2.50 bits per heavy atom. The third-order valence-electron chi connectivity index (χ3n) is 4.91. The fourth-order valence-electron chi connectivity index (χ4n) is 3.33. The summed E-state index contributed by atoms with van der Waals surface area (Å²) in [7, 11) is 3.58. The zero-order valence-electron chi connectivity index (χ0n) is 19.3. The van der Waals surface area contributed by atoms with Crippen LogP contribution < -0.4 is 5.32 Å². The van der Waals surface area contributed by atoms with Crippen LogP contribution in [0.1, 0.15) is 51.2 Å². The SMILES string of the molecule is CN=C(NCc1cccc(COC(C)(C)C)c1)N1CCC(OCCCOC)CC1.I. The van der Waals surface area contributed by atoms with Crippen molar-refractivity contribution in [3.05, 3.63) is 35.4 Å². The van der Waals surface area contributed by atoms with E-state index in [0.29, 0.717) is 12.7 Å². The Morgan fingerprint density at radius 1 is 1.17 bits per heavy atom. The lowest BCUT2D eigenvalue weighted by Crippen LogP contribution is -2.46. The highest BCUT2D eigenvalue weighted by atomic mass is 127. The topological polar surface area (TPSA) is 55.3 Å². The van der Waals surface area contributed by atoms with Crippen LogP contribution in [0.15, 0.2) is 29.3 Å². The van der Waals surface area contributed by atoms with Crippen molar-refractivity contribution in [2.24, 2.45) is 4.99 Å². The zero-order chi connectivity index (χ0) is 21.1. The number of methoxy groups -OCH3 is 1. The molecule has 6 nitrogen and oxygen atoms in total. The molecule has 0 radical (unpaired) electrons. The average molecular weight is 533 g/mol. The summed E-state index contributed by atoms with van der Waals surface area (Å²) in [5, 5.41) is 3.51. The molecule has 1 aliphatic rings. The first kappa shape index (κ1) is 27.1. The van der Waals surface area contributed by atoms with Gasteiger partial charge in [-0.25, -0.2) is 0 Å². The summed E-state index contributed by atoms with van der Waals surface area (Å²) in [6, 6.07) is 8.54. The maximum Gasteiger partial charge on any atom is 0.193 e. The van der Waals surface area contributed by atoms with E-state index in [9.17, 15) is 0 Å². The van der Waals surface area contributed by atoms with Crippen molar-refractivity contribution in [3.63, 3.8) is 0 Å². The third-order valence-corrected chi connectivity index (χ3v) is 4.91. The summed E-state index contributed by atoms with van der Waals surface area (Å²) >= 11 is 0. The number of rotatable bonds is 9. The van der Waals surface area contributed by atoms with Crippen molar-refractivity contribution in [1.29, 1.82) is 0 Å². The van der Waals surface area contributed by atoms with E-state index in [1.165, 1.54) is 11.1 Å². The van der Waals surface area contributed by atoms with Crippen molar-refractivity contribution in [2.75, 3.05) is 40.5 Å². The van der Waals surface area contributed by atoms with Gasteiger partial charge in [-0.05, 0) is 51.2 Å². The van der Waals surface area contributed by atoms with Crippen molar-refractivity contribution >= 4 is 29.9 Å². The molecule has 1 aliphatic heterocycles. The lowest BCUT2D eigenvalue weighted by molar-refractivity contribution is -0.0149. The van der Waals surface area contributed by atoms with Gasteiger partial charge in [-0.15, -0.1) is 24.0 Å². The van der Waals surface area contributed by atoms with Crippen LogP contribution >= 0.6 is 24.0 Å². The van der Waals surface area contributed by atoms with Crippen molar-refractivity contribution in [1.82, 2.24) is 10.2 Å². The minimum atomic E-state index is -0.129. The van der Waals surface area contributed by atoms with Crippen LogP contribution in [0.3, 0.4) is 0 Å². The van der Waals surface area contributed by atoms with E-state index in [1.807, 2.05) is 7.05 Å². The maximum absolute atomic E-state index is 5.96. The van der Waals surface area contributed by atoms with Crippen LogP contribution in [0.2, 0.25) is 0 Å². The number of likely N-dealkylation sites (tertiary alicyclic amines) is 1. The fourth-order valence-corrected chi connectivity index (χ4v) is 3.33. The van der Waals surface area contributed by atoms with Gasteiger partial charge in [-0.1, -0.05) is 24.3 Å². The minimum absolute atomic E-state index is 0. The Morgan fingerprint density at radius 2 is 1.87 bits per heavy atom. The van der Waals surface area contributed by atoms with Crippen LogP contribution in [0, 0.1) is 0 Å². The second kappa shape index (κ2) is 14.2. The van der Waals surface area contributed by atoms with Gasteiger partial charge in [0.15, 0.2) is 5.96 Å². The first-order valence-electron chi connectivity index (χ1n) is 10.7. The van der Waals surface area contributed by atoms with Crippen LogP contribution in [-0.4, -0.2) is 63.0 Å². The molecule has 0 aromatic heterocycles. The van der Waals surface area contributed by atoms with E-state index >= 15 is 0 Å². The summed E-state index contributed by atoms with van der Waals surface area (Å²) in [6.07, 6.45) is 3.38. The highest BCUT2D eigenvalue weighted by molar-refractivity contribution is 14.0. The Balaban J connectivity index is 0.00000450. The molecule has 30 heavy (non-hydrogen) atoms. The molecule has 7 heteroatoms. The molecule has 0 unspecified atom stereocenters. The monoisotopic (exact) mass is 533 g/mol. The fraction of sp³-hybridized carbons (Fsp3) is 0.696. The molecule has 1 saturated heterocycles. The third kappa shape index (κ3) is 10.4. The van der Waals surface area contributed by atoms with E-state index < -0.39 is 0 Å². The minimum Gasteiger partial charge on any atom is -0.385 e. The number of aliphatic imine (C=N–C) groups is 1. The number of halogens is 1. The first-order chi connectivity index (χ1) is 13.9. The normalized spacial score (nSPS) is 15.8. The lowest BCUT2D eigenvalue weighted by Gasteiger charge is -2.34. The Bertz CT molecular complexity index is 626. The number of benzene rings is 1. The van der Waals surface area contributed by atoms with Crippen LogP contribution in [0.5, 0.6) is 0 Å². The number of ether oxygens (including phenoxy) is 3. The molecule has 1 N–H and O–H groups in total. The molecule has 1 aromatic rings. The second-order valence-electron chi connectivity index (χ2n) is 8.53. The highest BCUT2D eigenvalue weighted by Crippen LogP contribution is 2.15. The highest BCUT2D eigenvalue weighted by Gasteiger charge is 2.21. The number of piperidine rings is 1. The molecule has 0 atom stereocenters. The van der Waals surface area contributed by atoms with E-state index in [2.05, 4.69) is 60.2 Å². The molecule has 1 fully saturated rings. The quantitative estimate of drug-likeness (QED) is 0.223. The summed E-state index contributed by atoms with van der Waals surface area (Å²) in [5.74, 6) is 0.958. The predicted octanol–water partition coefficient (Wildman–Crippen LogP) is 4.21. The summed E-state index contributed by atoms with van der Waals surface area (Å²) in [6.45, 7) is 11.1. The van der Waals surface area contributed by atoms with Crippen molar-refractivity contribution in [3.8, 4) is 0 Å². The van der Waals surface area contributed by atoms with Crippen LogP contribution in [-0.2, 0) is 27.4 Å². The van der Waals surface area contributed by atoms with Crippen molar-refractivity contribution < 1.29 is 14.2 Å². The van der Waals surface area contributed by atoms with E-state index in [0.717, 1.165) is 58.1 Å². The summed E-state index contributed by atoms with van der Waals surface area (Å²) < 4.78 is 16.9. The van der Waals surface area contributed by atoms with Gasteiger partial charge in [0.05, 0.1) is 18.3 Å². The van der Waals surface area contributed by atoms with Crippen LogP contribution in [0.4, 0.5) is 0 Å². The molecule has 2 rings (SSSR count). The van der Waals surface area contributed by atoms with Gasteiger partial charge in [0.2, 0.25) is 0 Å². The first-order valence-corrected chi connectivity index (χ1v) is 10.7. The number of nitrogens with zero attached hydrogens (tertiary/aromatic N) is 2. The van der Waals surface area contributed by atoms with Crippen LogP contribution in [0.25, 0.3) is 0 Å². The molecular weight excluding hydrogens is 493 g/mol. The van der Waals surface area contributed by atoms with Gasteiger partial charge in [-0.3, -0.25) is 4.99 Å². The average Bonchev–Trinajstić information content (AvgIpc) is 2.71. The summed E-state index contributed by atoms with van der Waals surface area (Å²) in [4.78, 5) is 6.80.